The fourth-order valence-corrected chi connectivity index (χ4v) is 2.13. The van der Waals surface area contributed by atoms with Gasteiger partial charge in [0.05, 0.1) is 16.9 Å². The van der Waals surface area contributed by atoms with Crippen molar-refractivity contribution in [1.29, 1.82) is 0 Å². The number of benzene rings is 2. The summed E-state index contributed by atoms with van der Waals surface area (Å²) in [7, 11) is 0. The van der Waals surface area contributed by atoms with Crippen molar-refractivity contribution in [2.75, 3.05) is 10.3 Å². The van der Waals surface area contributed by atoms with Crippen LogP contribution in [0.25, 0.3) is 0 Å². The predicted octanol–water partition coefficient (Wildman–Crippen LogP) is 1.56. The average molecular weight is 280 g/mol. The van der Waals surface area contributed by atoms with E-state index in [2.05, 4.69) is 10.5 Å². The van der Waals surface area contributed by atoms with E-state index in [1.807, 2.05) is 6.07 Å². The molecule has 2 amide bonds. The highest BCUT2D eigenvalue weighted by molar-refractivity contribution is 6.49. The molecule has 0 saturated heterocycles. The Labute approximate surface area is 120 Å². The Morgan fingerprint density at radius 2 is 1.71 bits per heavy atom. The third kappa shape index (κ3) is 2.23. The van der Waals surface area contributed by atoms with Gasteiger partial charge in [-0.25, -0.2) is 0 Å². The molecule has 1 aliphatic rings. The van der Waals surface area contributed by atoms with Gasteiger partial charge in [0, 0.05) is 0 Å². The lowest BCUT2D eigenvalue weighted by atomic mass is 10.1. The number of carbonyl (C=O) groups is 2. The number of hydrogen-bond donors (Lipinski definition) is 2. The van der Waals surface area contributed by atoms with E-state index in [1.165, 1.54) is 4.90 Å². The lowest BCUT2D eigenvalue weighted by molar-refractivity contribution is -0.112. The summed E-state index contributed by atoms with van der Waals surface area (Å²) < 4.78 is 0. The van der Waals surface area contributed by atoms with Gasteiger partial charge < -0.3 is 5.73 Å². The molecular weight excluding hydrogens is 268 g/mol. The first-order valence-corrected chi connectivity index (χ1v) is 6.30. The Bertz CT molecular complexity index is 740. The van der Waals surface area contributed by atoms with Crippen molar-refractivity contribution in [2.24, 2.45) is 10.8 Å². The second-order valence-corrected chi connectivity index (χ2v) is 4.43. The molecule has 0 atom stereocenters. The van der Waals surface area contributed by atoms with Crippen molar-refractivity contribution in [2.45, 2.75) is 0 Å². The van der Waals surface area contributed by atoms with Gasteiger partial charge in [0.25, 0.3) is 11.8 Å². The molecule has 0 saturated carbocycles. The number of amidine groups is 1. The molecule has 0 aromatic heterocycles. The smallest absolute Gasteiger partial charge is 0.287 e. The van der Waals surface area contributed by atoms with Crippen LogP contribution in [0.2, 0.25) is 0 Å². The SMILES string of the molecule is NC(=O)C1=NNc2ccccc2C(=O)N1c1ccccc1. The monoisotopic (exact) mass is 280 g/mol. The van der Waals surface area contributed by atoms with E-state index in [9.17, 15) is 9.59 Å². The summed E-state index contributed by atoms with van der Waals surface area (Å²) in [6.45, 7) is 0. The molecule has 2 aromatic rings. The number of rotatable bonds is 2. The lowest BCUT2D eigenvalue weighted by Crippen LogP contribution is -2.44. The van der Waals surface area contributed by atoms with E-state index < -0.39 is 5.91 Å². The van der Waals surface area contributed by atoms with Gasteiger partial charge in [0.1, 0.15) is 0 Å². The van der Waals surface area contributed by atoms with Gasteiger partial charge in [-0.2, -0.15) is 5.10 Å². The Kier molecular flexibility index (Phi) is 3.12. The van der Waals surface area contributed by atoms with Crippen LogP contribution in [0, 0.1) is 0 Å². The molecule has 0 radical (unpaired) electrons. The highest BCUT2D eigenvalue weighted by atomic mass is 16.2. The zero-order valence-electron chi connectivity index (χ0n) is 11.0. The summed E-state index contributed by atoms with van der Waals surface area (Å²) in [4.78, 5) is 25.6. The van der Waals surface area contributed by atoms with E-state index in [0.29, 0.717) is 16.9 Å². The van der Waals surface area contributed by atoms with Crippen LogP contribution in [0.5, 0.6) is 0 Å². The topological polar surface area (TPSA) is 87.8 Å². The van der Waals surface area contributed by atoms with Crippen molar-refractivity contribution < 1.29 is 9.59 Å². The summed E-state index contributed by atoms with van der Waals surface area (Å²) >= 11 is 0. The van der Waals surface area contributed by atoms with Crippen molar-refractivity contribution >= 4 is 29.0 Å². The van der Waals surface area contributed by atoms with Crippen LogP contribution in [0.4, 0.5) is 11.4 Å². The van der Waals surface area contributed by atoms with Gasteiger partial charge in [-0.15, -0.1) is 0 Å². The molecule has 21 heavy (non-hydrogen) atoms. The summed E-state index contributed by atoms with van der Waals surface area (Å²) in [5.74, 6) is -1.30. The highest BCUT2D eigenvalue weighted by Crippen LogP contribution is 2.24. The Hall–Kier alpha value is -3.15. The summed E-state index contributed by atoms with van der Waals surface area (Å²) in [6.07, 6.45) is 0. The number of para-hydroxylation sites is 2. The number of fused-ring (bicyclic) bond motifs is 1. The van der Waals surface area contributed by atoms with Crippen molar-refractivity contribution in [3.8, 4) is 0 Å². The van der Waals surface area contributed by atoms with Crippen LogP contribution in [-0.4, -0.2) is 17.6 Å². The zero-order chi connectivity index (χ0) is 14.8. The fourth-order valence-electron chi connectivity index (χ4n) is 2.13. The van der Waals surface area contributed by atoms with Crippen LogP contribution >= 0.6 is 0 Å². The molecule has 104 valence electrons. The molecule has 3 rings (SSSR count). The molecule has 0 unspecified atom stereocenters. The van der Waals surface area contributed by atoms with E-state index in [1.54, 1.807) is 48.5 Å². The summed E-state index contributed by atoms with van der Waals surface area (Å²) in [5.41, 5.74) is 9.54. The number of nitrogens with two attached hydrogens (primary N) is 1. The van der Waals surface area contributed by atoms with Gasteiger partial charge >= 0.3 is 0 Å². The first-order valence-electron chi connectivity index (χ1n) is 6.30. The molecule has 6 heteroatoms. The number of amides is 2. The number of anilines is 2. The quantitative estimate of drug-likeness (QED) is 0.875. The second-order valence-electron chi connectivity index (χ2n) is 4.43. The standard InChI is InChI=1S/C15H12N4O2/c16-13(20)14-18-17-12-9-5-4-8-11(12)15(21)19(14)10-6-2-1-3-7-10/h1-9,17H,(H2,16,20). The Morgan fingerprint density at radius 3 is 2.43 bits per heavy atom. The van der Waals surface area contributed by atoms with E-state index >= 15 is 0 Å². The molecule has 0 fully saturated rings. The number of nitrogens with zero attached hydrogens (tertiary/aromatic N) is 2. The number of primary amides is 1. The molecular formula is C15H12N4O2. The minimum absolute atomic E-state index is 0.151. The molecule has 0 bridgehead atoms. The van der Waals surface area contributed by atoms with Crippen molar-refractivity contribution in [3.63, 3.8) is 0 Å². The molecule has 1 aliphatic heterocycles. The molecule has 0 aliphatic carbocycles. The molecule has 6 nitrogen and oxygen atoms in total. The summed E-state index contributed by atoms with van der Waals surface area (Å²) in [5, 5.41) is 3.97. The van der Waals surface area contributed by atoms with Crippen molar-refractivity contribution in [1.82, 2.24) is 0 Å². The van der Waals surface area contributed by atoms with E-state index in [-0.39, 0.29) is 11.7 Å². The van der Waals surface area contributed by atoms with Gasteiger partial charge in [-0.3, -0.25) is 19.9 Å². The zero-order valence-corrected chi connectivity index (χ0v) is 11.0. The number of carbonyl (C=O) groups excluding carboxylic acids is 2. The highest BCUT2D eigenvalue weighted by Gasteiger charge is 2.30. The van der Waals surface area contributed by atoms with Crippen LogP contribution < -0.4 is 16.1 Å². The minimum Gasteiger partial charge on any atom is -0.363 e. The Morgan fingerprint density at radius 1 is 1.05 bits per heavy atom. The van der Waals surface area contributed by atoms with E-state index in [0.717, 1.165) is 0 Å². The Balaban J connectivity index is 2.18. The van der Waals surface area contributed by atoms with Crippen LogP contribution in [0.15, 0.2) is 59.7 Å². The minimum atomic E-state index is -0.785. The van der Waals surface area contributed by atoms with Gasteiger partial charge in [-0.05, 0) is 24.3 Å². The van der Waals surface area contributed by atoms with Crippen LogP contribution in [0.3, 0.4) is 0 Å². The third-order valence-electron chi connectivity index (χ3n) is 3.09. The normalized spacial score (nSPS) is 13.8. The van der Waals surface area contributed by atoms with E-state index in [4.69, 9.17) is 5.73 Å². The molecule has 2 aromatic carbocycles. The first kappa shape index (κ1) is 12.9. The maximum absolute atomic E-state index is 12.7. The van der Waals surface area contributed by atoms with Gasteiger partial charge in [0.15, 0.2) is 0 Å². The van der Waals surface area contributed by atoms with Crippen molar-refractivity contribution in [3.05, 3.63) is 60.2 Å². The largest absolute Gasteiger partial charge is 0.363 e. The maximum Gasteiger partial charge on any atom is 0.287 e. The lowest BCUT2D eigenvalue weighted by Gasteiger charge is -2.20. The van der Waals surface area contributed by atoms with Crippen LogP contribution in [-0.2, 0) is 4.79 Å². The molecule has 1 heterocycles. The van der Waals surface area contributed by atoms with Gasteiger partial charge in [0.2, 0.25) is 5.84 Å². The number of hydrazone groups is 1. The summed E-state index contributed by atoms with van der Waals surface area (Å²) in [6, 6.07) is 15.7. The molecule has 0 spiro atoms. The number of nitrogens with one attached hydrogen (secondary N) is 1. The average Bonchev–Trinajstić information content (AvgIpc) is 2.66. The van der Waals surface area contributed by atoms with Crippen LogP contribution in [0.1, 0.15) is 10.4 Å². The van der Waals surface area contributed by atoms with Gasteiger partial charge in [-0.1, -0.05) is 30.3 Å². The predicted molar refractivity (Wildman–Crippen MR) is 79.9 cm³/mol. The third-order valence-corrected chi connectivity index (χ3v) is 3.09. The second kappa shape index (κ2) is 5.09. The number of hydrogen-bond acceptors (Lipinski definition) is 4. The fraction of sp³-hybridized carbons (Fsp3) is 0. The first-order chi connectivity index (χ1) is 10.2. The molecule has 3 N–H and O–H groups in total. The maximum atomic E-state index is 12.7.